The third-order valence-electron chi connectivity index (χ3n) is 6.40. The molecule has 2 aromatic rings. The number of aromatic amines is 1. The maximum absolute atomic E-state index is 12.7. The van der Waals surface area contributed by atoms with Gasteiger partial charge in [0.05, 0.1) is 4.92 Å². The molecule has 0 bridgehead atoms. The van der Waals surface area contributed by atoms with Gasteiger partial charge in [0.1, 0.15) is 5.69 Å². The summed E-state index contributed by atoms with van der Waals surface area (Å²) in [6.07, 6.45) is 8.85. The smallest absolute Gasteiger partial charge is 0.292 e. The van der Waals surface area contributed by atoms with Gasteiger partial charge in [-0.1, -0.05) is 44.2 Å². The van der Waals surface area contributed by atoms with Gasteiger partial charge in [-0.15, -0.1) is 0 Å². The number of H-pyrrole nitrogens is 1. The van der Waals surface area contributed by atoms with E-state index >= 15 is 0 Å². The first-order valence-electron chi connectivity index (χ1n) is 10.9. The number of hydrogen-bond donors (Lipinski definition) is 2. The van der Waals surface area contributed by atoms with Crippen molar-refractivity contribution in [2.24, 2.45) is 11.8 Å². The quantitative estimate of drug-likeness (QED) is 0.545. The molecule has 1 aliphatic heterocycles. The van der Waals surface area contributed by atoms with Gasteiger partial charge < -0.3 is 10.2 Å². The third-order valence-corrected chi connectivity index (χ3v) is 6.40. The summed E-state index contributed by atoms with van der Waals surface area (Å²) in [4.78, 5) is 25.6. The Labute approximate surface area is 176 Å². The fourth-order valence-electron chi connectivity index (χ4n) is 4.73. The van der Waals surface area contributed by atoms with Crippen molar-refractivity contribution in [1.82, 2.24) is 10.2 Å². The first kappa shape index (κ1) is 20.4. The largest absolute Gasteiger partial charge is 0.366 e. The van der Waals surface area contributed by atoms with Gasteiger partial charge in [-0.2, -0.15) is 5.10 Å². The van der Waals surface area contributed by atoms with Crippen molar-refractivity contribution in [2.45, 2.75) is 51.4 Å². The van der Waals surface area contributed by atoms with Gasteiger partial charge in [-0.3, -0.25) is 20.0 Å². The van der Waals surface area contributed by atoms with Crippen LogP contribution in [0.15, 0.2) is 30.3 Å². The number of para-hydroxylation sites is 2. The maximum atomic E-state index is 12.7. The van der Waals surface area contributed by atoms with E-state index in [4.69, 9.17) is 0 Å². The van der Waals surface area contributed by atoms with Crippen LogP contribution in [-0.2, 0) is 11.2 Å². The lowest BCUT2D eigenvalue weighted by Crippen LogP contribution is -2.38. The van der Waals surface area contributed by atoms with E-state index in [0.717, 1.165) is 12.1 Å². The van der Waals surface area contributed by atoms with Gasteiger partial charge >= 0.3 is 0 Å². The minimum absolute atomic E-state index is 0.0204. The Kier molecular flexibility index (Phi) is 6.30. The Morgan fingerprint density at radius 2 is 1.90 bits per heavy atom. The van der Waals surface area contributed by atoms with Crippen LogP contribution >= 0.6 is 0 Å². The highest BCUT2D eigenvalue weighted by atomic mass is 16.6. The highest BCUT2D eigenvalue weighted by Gasteiger charge is 2.28. The van der Waals surface area contributed by atoms with Gasteiger partial charge in [0.15, 0.2) is 5.82 Å². The molecule has 2 fully saturated rings. The molecule has 0 atom stereocenters. The van der Waals surface area contributed by atoms with Crippen molar-refractivity contribution < 1.29 is 9.72 Å². The van der Waals surface area contributed by atoms with Crippen LogP contribution in [0.4, 0.5) is 17.2 Å². The van der Waals surface area contributed by atoms with E-state index < -0.39 is 0 Å². The molecule has 1 aliphatic carbocycles. The molecule has 0 radical (unpaired) electrons. The molecule has 2 heterocycles. The SMILES string of the molecule is O=C(Nc1cc(CC2CCCCC2)[nH]n1)C1CCN(c2ccccc2[N+](=O)[O-])CC1. The summed E-state index contributed by atoms with van der Waals surface area (Å²) in [5.41, 5.74) is 1.83. The van der Waals surface area contributed by atoms with Crippen LogP contribution in [-0.4, -0.2) is 34.1 Å². The van der Waals surface area contributed by atoms with E-state index in [1.54, 1.807) is 12.1 Å². The van der Waals surface area contributed by atoms with E-state index in [-0.39, 0.29) is 22.4 Å². The van der Waals surface area contributed by atoms with Crippen LogP contribution in [0.5, 0.6) is 0 Å². The number of nitrogens with zero attached hydrogens (tertiary/aromatic N) is 3. The number of nitro groups is 1. The predicted octanol–water partition coefficient (Wildman–Crippen LogP) is 4.30. The van der Waals surface area contributed by atoms with E-state index in [1.165, 1.54) is 38.2 Å². The third kappa shape index (κ3) is 4.80. The molecular weight excluding hydrogens is 382 g/mol. The number of aromatic nitrogens is 2. The monoisotopic (exact) mass is 411 g/mol. The topological polar surface area (TPSA) is 104 Å². The highest BCUT2D eigenvalue weighted by molar-refractivity contribution is 5.91. The van der Waals surface area contributed by atoms with Crippen molar-refractivity contribution in [1.29, 1.82) is 0 Å². The highest BCUT2D eigenvalue weighted by Crippen LogP contribution is 2.31. The Hall–Kier alpha value is -2.90. The van der Waals surface area contributed by atoms with Gasteiger partial charge in [0, 0.05) is 36.8 Å². The van der Waals surface area contributed by atoms with Crippen LogP contribution in [0, 0.1) is 22.0 Å². The number of nitrogens with one attached hydrogen (secondary N) is 2. The first-order chi connectivity index (χ1) is 14.6. The molecule has 1 aromatic heterocycles. The summed E-state index contributed by atoms with van der Waals surface area (Å²) in [5.74, 6) is 1.18. The molecule has 1 saturated heterocycles. The number of nitro benzene ring substituents is 1. The van der Waals surface area contributed by atoms with E-state index in [1.807, 2.05) is 17.0 Å². The number of rotatable bonds is 6. The van der Waals surface area contributed by atoms with Crippen molar-refractivity contribution in [3.8, 4) is 0 Å². The van der Waals surface area contributed by atoms with Crippen molar-refractivity contribution in [2.75, 3.05) is 23.3 Å². The minimum atomic E-state index is -0.351. The average Bonchev–Trinajstić information content (AvgIpc) is 3.21. The molecule has 4 rings (SSSR count). The molecule has 2 aliphatic rings. The lowest BCUT2D eigenvalue weighted by Gasteiger charge is -2.32. The van der Waals surface area contributed by atoms with Gasteiger partial charge in [0.2, 0.25) is 5.91 Å². The summed E-state index contributed by atoms with van der Waals surface area (Å²) >= 11 is 0. The molecule has 1 saturated carbocycles. The standard InChI is InChI=1S/C22H29N5O3/c28-22(23-21-15-18(24-25-21)14-16-6-2-1-3-7-16)17-10-12-26(13-11-17)19-8-4-5-9-20(19)27(29)30/h4-5,8-9,15-17H,1-3,6-7,10-14H2,(H2,23,24,25,28). The van der Waals surface area contributed by atoms with Crippen molar-refractivity contribution in [3.63, 3.8) is 0 Å². The van der Waals surface area contributed by atoms with Gasteiger partial charge in [-0.25, -0.2) is 0 Å². The molecule has 8 heteroatoms. The molecule has 0 unspecified atom stereocenters. The zero-order valence-electron chi connectivity index (χ0n) is 17.2. The molecule has 0 spiro atoms. The average molecular weight is 412 g/mol. The lowest BCUT2D eigenvalue weighted by atomic mass is 9.86. The number of hydrogen-bond acceptors (Lipinski definition) is 5. The fraction of sp³-hybridized carbons (Fsp3) is 0.545. The van der Waals surface area contributed by atoms with Gasteiger partial charge in [-0.05, 0) is 31.2 Å². The number of benzene rings is 1. The zero-order chi connectivity index (χ0) is 20.9. The summed E-state index contributed by atoms with van der Waals surface area (Å²) in [5, 5.41) is 21.6. The number of anilines is 2. The summed E-state index contributed by atoms with van der Waals surface area (Å²) < 4.78 is 0. The molecule has 160 valence electrons. The summed E-state index contributed by atoms with van der Waals surface area (Å²) in [7, 11) is 0. The molecule has 1 amide bonds. The number of carbonyl (C=O) groups excluding carboxylic acids is 1. The molecule has 8 nitrogen and oxygen atoms in total. The van der Waals surface area contributed by atoms with E-state index in [0.29, 0.717) is 43.4 Å². The van der Waals surface area contributed by atoms with Crippen LogP contribution in [0.2, 0.25) is 0 Å². The number of carbonyl (C=O) groups is 1. The molecule has 1 aromatic carbocycles. The first-order valence-corrected chi connectivity index (χ1v) is 10.9. The fourth-order valence-corrected chi connectivity index (χ4v) is 4.73. The predicted molar refractivity (Wildman–Crippen MR) is 116 cm³/mol. The van der Waals surface area contributed by atoms with Gasteiger partial charge in [0.25, 0.3) is 5.69 Å². The number of amides is 1. The Morgan fingerprint density at radius 1 is 1.17 bits per heavy atom. The number of piperidine rings is 1. The normalized spacial score (nSPS) is 18.3. The second kappa shape index (κ2) is 9.28. The van der Waals surface area contributed by atoms with E-state index in [9.17, 15) is 14.9 Å². The molecule has 30 heavy (non-hydrogen) atoms. The maximum Gasteiger partial charge on any atom is 0.292 e. The summed E-state index contributed by atoms with van der Waals surface area (Å²) in [6.45, 7) is 1.24. The second-order valence-corrected chi connectivity index (χ2v) is 8.48. The Balaban J connectivity index is 1.29. The van der Waals surface area contributed by atoms with Crippen LogP contribution in [0.3, 0.4) is 0 Å². The molecular formula is C22H29N5O3. The minimum Gasteiger partial charge on any atom is -0.366 e. The second-order valence-electron chi connectivity index (χ2n) is 8.48. The van der Waals surface area contributed by atoms with Crippen molar-refractivity contribution >= 4 is 23.1 Å². The van der Waals surface area contributed by atoms with Crippen LogP contribution in [0.25, 0.3) is 0 Å². The zero-order valence-corrected chi connectivity index (χ0v) is 17.2. The Bertz CT molecular complexity index is 882. The summed E-state index contributed by atoms with van der Waals surface area (Å²) in [6, 6.07) is 8.74. The van der Waals surface area contributed by atoms with Crippen LogP contribution in [0.1, 0.15) is 50.6 Å². The van der Waals surface area contributed by atoms with Crippen molar-refractivity contribution in [3.05, 3.63) is 46.1 Å². The Morgan fingerprint density at radius 3 is 2.63 bits per heavy atom. The van der Waals surface area contributed by atoms with E-state index in [2.05, 4.69) is 15.5 Å². The lowest BCUT2D eigenvalue weighted by molar-refractivity contribution is -0.384. The molecule has 2 N–H and O–H groups in total. The van der Waals surface area contributed by atoms with Crippen LogP contribution < -0.4 is 10.2 Å².